The van der Waals surface area contributed by atoms with Crippen LogP contribution in [-0.4, -0.2) is 40.2 Å². The molecule has 0 aliphatic heterocycles. The highest BCUT2D eigenvalue weighted by Gasteiger charge is 2.28. The van der Waals surface area contributed by atoms with Gasteiger partial charge in [-0.05, 0) is 69.0 Å². The molecular formula is C23H27N3O4S. The number of benzene rings is 2. The summed E-state index contributed by atoms with van der Waals surface area (Å²) >= 11 is 0. The molecule has 0 atom stereocenters. The second-order valence-electron chi connectivity index (χ2n) is 7.50. The van der Waals surface area contributed by atoms with Gasteiger partial charge in [-0.1, -0.05) is 36.8 Å². The highest BCUT2D eigenvalue weighted by Crippen LogP contribution is 2.20. The number of nitrogens with zero attached hydrogens (tertiary/aromatic N) is 3. The average molecular weight is 442 g/mol. The van der Waals surface area contributed by atoms with E-state index in [0.717, 1.165) is 34.6 Å². The van der Waals surface area contributed by atoms with E-state index in [1.165, 1.54) is 17.7 Å². The summed E-state index contributed by atoms with van der Waals surface area (Å²) in [7, 11) is -4.13. The summed E-state index contributed by atoms with van der Waals surface area (Å²) in [6, 6.07) is 13.7. The third kappa shape index (κ3) is 4.64. The molecule has 0 unspecified atom stereocenters. The van der Waals surface area contributed by atoms with Crippen molar-refractivity contribution in [3.05, 3.63) is 76.6 Å². The van der Waals surface area contributed by atoms with Crippen LogP contribution >= 0.6 is 0 Å². The molecule has 1 N–H and O–H groups in total. The number of hydrogen-bond acceptors (Lipinski definition) is 4. The van der Waals surface area contributed by atoms with Crippen molar-refractivity contribution < 1.29 is 18.3 Å². The molecule has 8 heteroatoms. The number of sulfonamides is 1. The SMILES string of the molecule is CCc1c(C)nn(-c2ccc(CCN(C(=O)O)S(=O)(=O)c3ccc(C)cc3)cc2)c1C. The Morgan fingerprint density at radius 3 is 2.16 bits per heavy atom. The lowest BCUT2D eigenvalue weighted by atomic mass is 10.1. The quantitative estimate of drug-likeness (QED) is 0.591. The number of carboxylic acid groups (broad SMARTS) is 1. The Kier molecular flexibility index (Phi) is 6.50. The highest BCUT2D eigenvalue weighted by molar-refractivity contribution is 7.89. The van der Waals surface area contributed by atoms with E-state index in [0.29, 0.717) is 4.31 Å². The first kappa shape index (κ1) is 22.6. The van der Waals surface area contributed by atoms with E-state index in [2.05, 4.69) is 12.0 Å². The van der Waals surface area contributed by atoms with Gasteiger partial charge >= 0.3 is 6.09 Å². The minimum absolute atomic E-state index is 0.0351. The normalized spacial score (nSPS) is 11.5. The maximum Gasteiger partial charge on any atom is 0.421 e. The number of aromatic nitrogens is 2. The highest BCUT2D eigenvalue weighted by atomic mass is 32.2. The summed E-state index contributed by atoms with van der Waals surface area (Å²) < 4.78 is 28.0. The van der Waals surface area contributed by atoms with Crippen molar-refractivity contribution in [1.29, 1.82) is 0 Å². The maximum absolute atomic E-state index is 12.8. The predicted octanol–water partition coefficient (Wildman–Crippen LogP) is 4.27. The van der Waals surface area contributed by atoms with Crippen molar-refractivity contribution in [1.82, 2.24) is 14.1 Å². The molecule has 0 saturated carbocycles. The van der Waals surface area contributed by atoms with E-state index in [9.17, 15) is 18.3 Å². The topological polar surface area (TPSA) is 92.5 Å². The summed E-state index contributed by atoms with van der Waals surface area (Å²) in [6.45, 7) is 7.80. The molecule has 164 valence electrons. The Bertz CT molecular complexity index is 1180. The van der Waals surface area contributed by atoms with Crippen LogP contribution in [-0.2, 0) is 22.9 Å². The van der Waals surface area contributed by atoms with Gasteiger partial charge in [-0.2, -0.15) is 5.10 Å². The third-order valence-corrected chi connectivity index (χ3v) is 7.19. The monoisotopic (exact) mass is 441 g/mol. The fraction of sp³-hybridized carbons (Fsp3) is 0.304. The summed E-state index contributed by atoms with van der Waals surface area (Å²) in [5, 5.41) is 14.1. The largest absolute Gasteiger partial charge is 0.464 e. The Morgan fingerprint density at radius 1 is 1.03 bits per heavy atom. The van der Waals surface area contributed by atoms with E-state index in [1.807, 2.05) is 49.7 Å². The van der Waals surface area contributed by atoms with Crippen molar-refractivity contribution >= 4 is 16.1 Å². The van der Waals surface area contributed by atoms with Crippen LogP contribution in [0.15, 0.2) is 53.4 Å². The molecule has 0 aliphatic rings. The van der Waals surface area contributed by atoms with Crippen molar-refractivity contribution in [3.63, 3.8) is 0 Å². The van der Waals surface area contributed by atoms with Crippen molar-refractivity contribution in [2.24, 2.45) is 0 Å². The number of carbonyl (C=O) groups is 1. The molecule has 0 fully saturated rings. The molecule has 1 amide bonds. The van der Waals surface area contributed by atoms with Crippen LogP contribution in [0.25, 0.3) is 5.69 Å². The van der Waals surface area contributed by atoms with E-state index in [-0.39, 0.29) is 17.9 Å². The maximum atomic E-state index is 12.8. The average Bonchev–Trinajstić information content (AvgIpc) is 3.01. The molecular weight excluding hydrogens is 414 g/mol. The molecule has 3 rings (SSSR count). The molecule has 3 aromatic rings. The third-order valence-electron chi connectivity index (χ3n) is 5.40. The zero-order valence-corrected chi connectivity index (χ0v) is 19.0. The van der Waals surface area contributed by atoms with Crippen molar-refractivity contribution in [3.8, 4) is 5.69 Å². The van der Waals surface area contributed by atoms with Gasteiger partial charge in [0.15, 0.2) is 0 Å². The molecule has 2 aromatic carbocycles. The van der Waals surface area contributed by atoms with Crippen molar-refractivity contribution in [2.45, 2.75) is 45.4 Å². The van der Waals surface area contributed by atoms with E-state index in [1.54, 1.807) is 12.1 Å². The molecule has 0 bridgehead atoms. The van der Waals surface area contributed by atoms with Gasteiger partial charge in [0.1, 0.15) is 0 Å². The zero-order chi connectivity index (χ0) is 22.8. The molecule has 0 saturated heterocycles. The first-order valence-corrected chi connectivity index (χ1v) is 11.6. The lowest BCUT2D eigenvalue weighted by molar-refractivity contribution is 0.172. The zero-order valence-electron chi connectivity index (χ0n) is 18.2. The van der Waals surface area contributed by atoms with Gasteiger partial charge in [0.05, 0.1) is 16.3 Å². The van der Waals surface area contributed by atoms with Crippen LogP contribution in [0.4, 0.5) is 4.79 Å². The molecule has 31 heavy (non-hydrogen) atoms. The van der Waals surface area contributed by atoms with E-state index >= 15 is 0 Å². The van der Waals surface area contributed by atoms with E-state index in [4.69, 9.17) is 0 Å². The van der Waals surface area contributed by atoms with Crippen LogP contribution in [0, 0.1) is 20.8 Å². The molecule has 1 aromatic heterocycles. The molecule has 1 heterocycles. The lowest BCUT2D eigenvalue weighted by Gasteiger charge is -2.19. The first-order valence-electron chi connectivity index (χ1n) is 10.1. The van der Waals surface area contributed by atoms with Gasteiger partial charge in [-0.25, -0.2) is 22.2 Å². The Balaban J connectivity index is 1.77. The van der Waals surface area contributed by atoms with Gasteiger partial charge in [-0.3, -0.25) is 0 Å². The van der Waals surface area contributed by atoms with Gasteiger partial charge in [0, 0.05) is 12.2 Å². The number of amides is 1. The van der Waals surface area contributed by atoms with Crippen LogP contribution in [0.5, 0.6) is 0 Å². The van der Waals surface area contributed by atoms with E-state index < -0.39 is 16.1 Å². The predicted molar refractivity (Wildman–Crippen MR) is 119 cm³/mol. The molecule has 0 spiro atoms. The standard InChI is InChI=1S/C23H27N3O4S/c1-5-22-17(3)24-26(18(22)4)20-10-8-19(9-11-20)14-15-25(23(27)28)31(29,30)21-12-6-16(2)7-13-21/h6-13H,5,14-15H2,1-4H3,(H,27,28). The van der Waals surface area contributed by atoms with Gasteiger partial charge < -0.3 is 5.11 Å². The van der Waals surface area contributed by atoms with Gasteiger partial charge in [0.2, 0.25) is 0 Å². The van der Waals surface area contributed by atoms with Crippen LogP contribution in [0.2, 0.25) is 0 Å². The van der Waals surface area contributed by atoms with Gasteiger partial charge in [0.25, 0.3) is 10.0 Å². The fourth-order valence-corrected chi connectivity index (χ4v) is 4.90. The summed E-state index contributed by atoms with van der Waals surface area (Å²) in [5.41, 5.74) is 5.96. The number of hydrogen-bond donors (Lipinski definition) is 1. The lowest BCUT2D eigenvalue weighted by Crippen LogP contribution is -2.37. The Labute approximate surface area is 183 Å². The number of aryl methyl sites for hydroxylation is 2. The molecule has 7 nitrogen and oxygen atoms in total. The summed E-state index contributed by atoms with van der Waals surface area (Å²) in [5.74, 6) is 0. The first-order chi connectivity index (χ1) is 14.6. The molecule has 0 radical (unpaired) electrons. The fourth-order valence-electron chi connectivity index (χ4n) is 3.63. The van der Waals surface area contributed by atoms with Crippen molar-refractivity contribution in [2.75, 3.05) is 6.54 Å². The van der Waals surface area contributed by atoms with Crippen LogP contribution in [0.1, 0.15) is 35.0 Å². The minimum atomic E-state index is -4.13. The summed E-state index contributed by atoms with van der Waals surface area (Å²) in [4.78, 5) is 11.6. The summed E-state index contributed by atoms with van der Waals surface area (Å²) in [6.07, 6.45) is -0.308. The molecule has 0 aliphatic carbocycles. The Hall–Kier alpha value is -3.13. The second kappa shape index (κ2) is 8.93. The second-order valence-corrected chi connectivity index (χ2v) is 9.37. The Morgan fingerprint density at radius 2 is 1.65 bits per heavy atom. The van der Waals surface area contributed by atoms with Crippen LogP contribution < -0.4 is 0 Å². The van der Waals surface area contributed by atoms with Crippen LogP contribution in [0.3, 0.4) is 0 Å². The number of rotatable bonds is 7. The minimum Gasteiger partial charge on any atom is -0.464 e. The smallest absolute Gasteiger partial charge is 0.421 e. The van der Waals surface area contributed by atoms with Gasteiger partial charge in [-0.15, -0.1) is 0 Å².